The van der Waals surface area contributed by atoms with E-state index in [9.17, 15) is 4.79 Å². The molecule has 0 aliphatic heterocycles. The van der Waals surface area contributed by atoms with E-state index in [2.05, 4.69) is 12.2 Å². The van der Waals surface area contributed by atoms with E-state index in [0.29, 0.717) is 17.2 Å². The molecule has 114 valence electrons. The van der Waals surface area contributed by atoms with Crippen LogP contribution in [0.3, 0.4) is 0 Å². The number of methoxy groups -OCH3 is 1. The number of nitrogens with one attached hydrogen (secondary N) is 1. The number of amides is 1. The molecule has 0 saturated carbocycles. The monoisotopic (exact) mass is 306 g/mol. The lowest BCUT2D eigenvalue weighted by molar-refractivity contribution is 0.0896. The maximum atomic E-state index is 12.4. The number of carbonyl (C=O) groups is 1. The highest BCUT2D eigenvalue weighted by Crippen LogP contribution is 2.34. The highest BCUT2D eigenvalue weighted by Gasteiger charge is 2.19. The van der Waals surface area contributed by atoms with Gasteiger partial charge in [0.2, 0.25) is 0 Å². The Labute approximate surface area is 129 Å². The summed E-state index contributed by atoms with van der Waals surface area (Å²) in [5.74, 6) is -0.109. The Balaban J connectivity index is 2.24. The zero-order valence-electron chi connectivity index (χ0n) is 12.7. The van der Waals surface area contributed by atoms with Gasteiger partial charge in [0.1, 0.15) is 4.88 Å². The van der Waals surface area contributed by atoms with Crippen LogP contribution in [0.5, 0.6) is 0 Å². The smallest absolute Gasteiger partial charge is 0.263 e. The van der Waals surface area contributed by atoms with Gasteiger partial charge < -0.3 is 15.8 Å². The summed E-state index contributed by atoms with van der Waals surface area (Å²) in [5, 5.41) is 3.98. The lowest BCUT2D eigenvalue weighted by Gasteiger charge is -2.16. The molecule has 4 nitrogen and oxygen atoms in total. The van der Waals surface area contributed by atoms with Crippen molar-refractivity contribution >= 4 is 33.0 Å². The van der Waals surface area contributed by atoms with Crippen LogP contribution in [0.2, 0.25) is 0 Å². The van der Waals surface area contributed by atoms with Crippen LogP contribution >= 0.6 is 11.3 Å². The van der Waals surface area contributed by atoms with Gasteiger partial charge in [0.15, 0.2) is 0 Å². The molecule has 21 heavy (non-hydrogen) atoms. The second-order valence-corrected chi connectivity index (χ2v) is 6.31. The van der Waals surface area contributed by atoms with Gasteiger partial charge in [-0.05, 0) is 25.5 Å². The summed E-state index contributed by atoms with van der Waals surface area (Å²) in [6, 6.07) is 6.10. The topological polar surface area (TPSA) is 64.3 Å². The van der Waals surface area contributed by atoms with Crippen molar-refractivity contribution in [1.82, 2.24) is 5.32 Å². The second kappa shape index (κ2) is 6.91. The van der Waals surface area contributed by atoms with Crippen LogP contribution in [0.4, 0.5) is 5.69 Å². The summed E-state index contributed by atoms with van der Waals surface area (Å²) in [6.07, 6.45) is 1.89. The predicted octanol–water partition coefficient (Wildman–Crippen LogP) is 3.34. The van der Waals surface area contributed by atoms with Crippen molar-refractivity contribution in [1.29, 1.82) is 0 Å². The fraction of sp³-hybridized carbons (Fsp3) is 0.438. The van der Waals surface area contributed by atoms with Crippen LogP contribution in [0, 0.1) is 6.92 Å². The number of anilines is 1. The largest absolute Gasteiger partial charge is 0.397 e. The first-order valence-electron chi connectivity index (χ1n) is 7.15. The molecule has 1 heterocycles. The number of aryl methyl sites for hydroxylation is 1. The number of carbonyl (C=O) groups excluding carboxylic acids is 1. The third-order valence-corrected chi connectivity index (χ3v) is 4.61. The SMILES string of the molecule is CCCC(COC)NC(=O)c1sc2ccc(C)cc2c1N. The molecule has 1 aromatic carbocycles. The Hall–Kier alpha value is -1.59. The Morgan fingerprint density at radius 1 is 1.48 bits per heavy atom. The number of nitrogens with two attached hydrogens (primary N) is 1. The maximum Gasteiger partial charge on any atom is 0.263 e. The van der Waals surface area contributed by atoms with Gasteiger partial charge in [-0.3, -0.25) is 4.79 Å². The molecule has 0 spiro atoms. The number of benzene rings is 1. The Morgan fingerprint density at radius 3 is 2.90 bits per heavy atom. The molecule has 0 bridgehead atoms. The number of hydrogen-bond donors (Lipinski definition) is 2. The molecular formula is C16H22N2O2S. The standard InChI is InChI=1S/C16H22N2O2S/c1-4-5-11(9-20-3)18-16(19)15-14(17)12-8-10(2)6-7-13(12)21-15/h6-8,11H,4-5,9,17H2,1-3H3,(H,18,19). The van der Waals surface area contributed by atoms with E-state index in [1.54, 1.807) is 7.11 Å². The molecule has 1 aromatic heterocycles. The van der Waals surface area contributed by atoms with Crippen LogP contribution in [-0.2, 0) is 4.74 Å². The normalized spacial score (nSPS) is 12.5. The summed E-state index contributed by atoms with van der Waals surface area (Å²) in [7, 11) is 1.64. The van der Waals surface area contributed by atoms with Crippen molar-refractivity contribution in [2.75, 3.05) is 19.5 Å². The fourth-order valence-electron chi connectivity index (χ4n) is 2.40. The number of rotatable bonds is 6. The minimum absolute atomic E-state index is 0.0267. The number of fused-ring (bicyclic) bond motifs is 1. The third-order valence-electron chi connectivity index (χ3n) is 3.43. The number of nitrogen functional groups attached to an aromatic ring is 1. The average molecular weight is 306 g/mol. The Morgan fingerprint density at radius 2 is 2.24 bits per heavy atom. The third kappa shape index (κ3) is 3.54. The van der Waals surface area contributed by atoms with Gasteiger partial charge in [-0.1, -0.05) is 25.0 Å². The molecule has 1 amide bonds. The van der Waals surface area contributed by atoms with E-state index in [-0.39, 0.29) is 11.9 Å². The summed E-state index contributed by atoms with van der Waals surface area (Å²) in [4.78, 5) is 13.0. The summed E-state index contributed by atoms with van der Waals surface area (Å²) in [6.45, 7) is 4.63. The van der Waals surface area contributed by atoms with Gasteiger partial charge in [0, 0.05) is 17.2 Å². The first-order valence-corrected chi connectivity index (χ1v) is 7.96. The number of thiophene rings is 1. The van der Waals surface area contributed by atoms with Gasteiger partial charge >= 0.3 is 0 Å². The van der Waals surface area contributed by atoms with Crippen molar-refractivity contribution in [2.24, 2.45) is 0 Å². The van der Waals surface area contributed by atoms with Crippen LogP contribution in [-0.4, -0.2) is 25.7 Å². The van der Waals surface area contributed by atoms with Crippen molar-refractivity contribution < 1.29 is 9.53 Å². The zero-order valence-corrected chi connectivity index (χ0v) is 13.5. The lowest BCUT2D eigenvalue weighted by Crippen LogP contribution is -2.37. The first kappa shape index (κ1) is 15.8. The van der Waals surface area contributed by atoms with Crippen molar-refractivity contribution in [3.05, 3.63) is 28.6 Å². The van der Waals surface area contributed by atoms with Gasteiger partial charge in [-0.2, -0.15) is 0 Å². The Kier molecular flexibility index (Phi) is 5.20. The van der Waals surface area contributed by atoms with Crippen LogP contribution < -0.4 is 11.1 Å². The van der Waals surface area contributed by atoms with E-state index in [0.717, 1.165) is 28.5 Å². The van der Waals surface area contributed by atoms with E-state index in [1.807, 2.05) is 25.1 Å². The minimum Gasteiger partial charge on any atom is -0.397 e. The molecule has 0 aliphatic rings. The van der Waals surface area contributed by atoms with Crippen LogP contribution in [0.15, 0.2) is 18.2 Å². The summed E-state index contributed by atoms with van der Waals surface area (Å²) < 4.78 is 6.20. The summed E-state index contributed by atoms with van der Waals surface area (Å²) in [5.41, 5.74) is 7.86. The fourth-order valence-corrected chi connectivity index (χ4v) is 3.40. The van der Waals surface area contributed by atoms with E-state index in [4.69, 9.17) is 10.5 Å². The highest BCUT2D eigenvalue weighted by molar-refractivity contribution is 7.21. The Bertz CT molecular complexity index is 630. The van der Waals surface area contributed by atoms with E-state index >= 15 is 0 Å². The average Bonchev–Trinajstić information content (AvgIpc) is 2.77. The van der Waals surface area contributed by atoms with Gasteiger partial charge in [0.25, 0.3) is 5.91 Å². The number of hydrogen-bond acceptors (Lipinski definition) is 4. The predicted molar refractivity (Wildman–Crippen MR) is 89.0 cm³/mol. The van der Waals surface area contributed by atoms with Crippen molar-refractivity contribution in [2.45, 2.75) is 32.7 Å². The first-order chi connectivity index (χ1) is 10.1. The summed E-state index contributed by atoms with van der Waals surface area (Å²) >= 11 is 1.44. The van der Waals surface area contributed by atoms with Gasteiger partial charge in [0.05, 0.1) is 18.3 Å². The zero-order chi connectivity index (χ0) is 15.4. The maximum absolute atomic E-state index is 12.4. The second-order valence-electron chi connectivity index (χ2n) is 5.26. The molecule has 3 N–H and O–H groups in total. The van der Waals surface area contributed by atoms with E-state index < -0.39 is 0 Å². The quantitative estimate of drug-likeness (QED) is 0.860. The highest BCUT2D eigenvalue weighted by atomic mass is 32.1. The van der Waals surface area contributed by atoms with E-state index in [1.165, 1.54) is 11.3 Å². The molecule has 2 rings (SSSR count). The van der Waals surface area contributed by atoms with Gasteiger partial charge in [-0.25, -0.2) is 0 Å². The molecule has 0 radical (unpaired) electrons. The molecule has 0 saturated heterocycles. The molecule has 2 aromatic rings. The molecule has 1 atom stereocenters. The molecule has 0 fully saturated rings. The van der Waals surface area contributed by atoms with Gasteiger partial charge in [-0.15, -0.1) is 11.3 Å². The van der Waals surface area contributed by atoms with Crippen LogP contribution in [0.1, 0.15) is 35.0 Å². The van der Waals surface area contributed by atoms with Crippen molar-refractivity contribution in [3.63, 3.8) is 0 Å². The minimum atomic E-state index is -0.109. The lowest BCUT2D eigenvalue weighted by atomic mass is 10.1. The molecule has 5 heteroatoms. The van der Waals surface area contributed by atoms with Crippen LogP contribution in [0.25, 0.3) is 10.1 Å². The van der Waals surface area contributed by atoms with Crippen molar-refractivity contribution in [3.8, 4) is 0 Å². The molecule has 1 unspecified atom stereocenters. The number of ether oxygens (including phenoxy) is 1. The molecule has 0 aliphatic carbocycles. The molecular weight excluding hydrogens is 284 g/mol.